The number of allylic oxidation sites excluding steroid dienone is 1. The average Bonchev–Trinajstić information content (AvgIpc) is 2.63. The van der Waals surface area contributed by atoms with Crippen molar-refractivity contribution in [3.05, 3.63) is 11.6 Å². The van der Waals surface area contributed by atoms with E-state index in [-0.39, 0.29) is 17.3 Å². The fourth-order valence-corrected chi connectivity index (χ4v) is 5.10. The van der Waals surface area contributed by atoms with Gasteiger partial charge in [0.1, 0.15) is 0 Å². The maximum Gasteiger partial charge on any atom is 0.306 e. The topological polar surface area (TPSA) is 46.5 Å². The molecule has 0 spiro atoms. The molecular formula is C22H40O3S. The van der Waals surface area contributed by atoms with Crippen LogP contribution < -0.4 is 0 Å². The average molecular weight is 385 g/mol. The maximum absolute atomic E-state index is 11.6. The summed E-state index contributed by atoms with van der Waals surface area (Å²) in [4.78, 5) is 11.6. The van der Waals surface area contributed by atoms with Crippen molar-refractivity contribution < 1.29 is 14.6 Å². The van der Waals surface area contributed by atoms with Gasteiger partial charge in [0.15, 0.2) is 0 Å². The maximum atomic E-state index is 11.6. The van der Waals surface area contributed by atoms with Crippen molar-refractivity contribution in [1.82, 2.24) is 0 Å². The Hall–Kier alpha value is -0.480. The number of esters is 1. The summed E-state index contributed by atoms with van der Waals surface area (Å²) < 4.78 is 5.02. The minimum Gasteiger partial charge on any atom is -0.466 e. The van der Waals surface area contributed by atoms with Gasteiger partial charge in [-0.25, -0.2) is 0 Å². The highest BCUT2D eigenvalue weighted by Crippen LogP contribution is 2.38. The van der Waals surface area contributed by atoms with Crippen LogP contribution in [0.3, 0.4) is 0 Å². The molecule has 0 aromatic rings. The molecule has 0 unspecified atom stereocenters. The van der Waals surface area contributed by atoms with Gasteiger partial charge in [-0.1, -0.05) is 64.0 Å². The second-order valence-corrected chi connectivity index (χ2v) is 8.63. The molecule has 1 saturated carbocycles. The predicted octanol–water partition coefficient (Wildman–Crippen LogP) is 5.90. The lowest BCUT2D eigenvalue weighted by molar-refractivity contribution is -0.142. The molecule has 0 radical (unpaired) electrons. The van der Waals surface area contributed by atoms with E-state index in [2.05, 4.69) is 19.9 Å². The van der Waals surface area contributed by atoms with Crippen LogP contribution in [0.25, 0.3) is 0 Å². The Morgan fingerprint density at radius 2 is 1.92 bits per heavy atom. The van der Waals surface area contributed by atoms with E-state index in [4.69, 9.17) is 4.74 Å². The number of carbonyl (C=O) groups is 1. The van der Waals surface area contributed by atoms with E-state index in [9.17, 15) is 9.90 Å². The Morgan fingerprint density at radius 1 is 1.19 bits per heavy atom. The lowest BCUT2D eigenvalue weighted by Gasteiger charge is -2.36. The van der Waals surface area contributed by atoms with Crippen LogP contribution in [0.2, 0.25) is 0 Å². The largest absolute Gasteiger partial charge is 0.466 e. The van der Waals surface area contributed by atoms with Crippen LogP contribution in [-0.4, -0.2) is 34.8 Å². The zero-order chi connectivity index (χ0) is 19.2. The van der Waals surface area contributed by atoms with Gasteiger partial charge in [0.2, 0.25) is 0 Å². The number of carbonyl (C=O) groups excluding carboxylic acids is 1. The van der Waals surface area contributed by atoms with E-state index in [0.717, 1.165) is 31.4 Å². The SMILES string of the molecule is CCCCCCCCC=C1CC[C@H](CC)[C@H](O)[C@@H]1SCCC(=O)OCC. The summed E-state index contributed by atoms with van der Waals surface area (Å²) in [6, 6.07) is 0. The monoisotopic (exact) mass is 384 g/mol. The minimum absolute atomic E-state index is 0.130. The van der Waals surface area contributed by atoms with E-state index < -0.39 is 0 Å². The van der Waals surface area contributed by atoms with Crippen LogP contribution in [-0.2, 0) is 9.53 Å². The highest BCUT2D eigenvalue weighted by molar-refractivity contribution is 8.00. The molecule has 1 rings (SSSR count). The lowest BCUT2D eigenvalue weighted by atomic mass is 9.81. The molecule has 0 saturated heterocycles. The number of unbranched alkanes of at least 4 members (excludes halogenated alkanes) is 6. The number of hydrogen-bond donors (Lipinski definition) is 1. The molecule has 0 aliphatic heterocycles. The highest BCUT2D eigenvalue weighted by atomic mass is 32.2. The van der Waals surface area contributed by atoms with E-state index in [1.165, 1.54) is 44.1 Å². The standard InChI is InChI=1S/C22H40O3S/c1-4-7-8-9-10-11-12-13-19-15-14-18(5-2)21(24)22(19)26-17-16-20(23)25-6-3/h13,18,21-22,24H,4-12,14-17H2,1-3H3/t18-,21-,22+/m0/s1. The molecular weight excluding hydrogens is 344 g/mol. The van der Waals surface area contributed by atoms with Crippen molar-refractivity contribution in [3.8, 4) is 0 Å². The van der Waals surface area contributed by atoms with E-state index >= 15 is 0 Å². The first kappa shape index (κ1) is 23.6. The molecule has 152 valence electrons. The van der Waals surface area contributed by atoms with Crippen LogP contribution in [0.1, 0.15) is 91.4 Å². The summed E-state index contributed by atoms with van der Waals surface area (Å²) in [7, 11) is 0. The van der Waals surface area contributed by atoms with Gasteiger partial charge in [0.25, 0.3) is 0 Å². The number of hydrogen-bond acceptors (Lipinski definition) is 4. The first-order valence-electron chi connectivity index (χ1n) is 10.8. The first-order chi connectivity index (χ1) is 12.6. The summed E-state index contributed by atoms with van der Waals surface area (Å²) in [6.07, 6.45) is 14.8. The lowest BCUT2D eigenvalue weighted by Crippen LogP contribution is -2.37. The Labute approximate surface area is 165 Å². The zero-order valence-electron chi connectivity index (χ0n) is 17.2. The van der Waals surface area contributed by atoms with E-state index in [0.29, 0.717) is 18.9 Å². The molecule has 0 heterocycles. The van der Waals surface area contributed by atoms with Gasteiger partial charge in [0, 0.05) is 5.75 Å². The van der Waals surface area contributed by atoms with Gasteiger partial charge in [-0.05, 0) is 38.5 Å². The fraction of sp³-hybridized carbons (Fsp3) is 0.864. The Kier molecular flexibility index (Phi) is 13.2. The van der Waals surface area contributed by atoms with Crippen molar-refractivity contribution in [2.45, 2.75) is 103 Å². The normalized spacial score (nSPS) is 24.8. The molecule has 0 aromatic carbocycles. The molecule has 0 bridgehead atoms. The molecule has 26 heavy (non-hydrogen) atoms. The minimum atomic E-state index is -0.281. The van der Waals surface area contributed by atoms with Gasteiger partial charge >= 0.3 is 5.97 Å². The molecule has 1 fully saturated rings. The molecule has 0 aromatic heterocycles. The number of aliphatic hydroxyl groups excluding tert-OH is 1. The summed E-state index contributed by atoms with van der Waals surface area (Å²) in [5.41, 5.74) is 1.41. The van der Waals surface area contributed by atoms with Crippen LogP contribution in [0.4, 0.5) is 0 Å². The predicted molar refractivity (Wildman–Crippen MR) is 113 cm³/mol. The van der Waals surface area contributed by atoms with Crippen LogP contribution in [0.5, 0.6) is 0 Å². The molecule has 4 heteroatoms. The van der Waals surface area contributed by atoms with Crippen LogP contribution >= 0.6 is 11.8 Å². The molecule has 1 aliphatic carbocycles. The number of aliphatic hydroxyl groups is 1. The van der Waals surface area contributed by atoms with Gasteiger partial charge in [0.05, 0.1) is 24.4 Å². The smallest absolute Gasteiger partial charge is 0.306 e. The first-order valence-corrected chi connectivity index (χ1v) is 11.8. The van der Waals surface area contributed by atoms with Crippen LogP contribution in [0, 0.1) is 5.92 Å². The van der Waals surface area contributed by atoms with Crippen molar-refractivity contribution in [2.75, 3.05) is 12.4 Å². The van der Waals surface area contributed by atoms with Gasteiger partial charge in [-0.2, -0.15) is 11.8 Å². The molecule has 1 aliphatic rings. The summed E-state index contributed by atoms with van der Waals surface area (Å²) in [6.45, 7) is 6.70. The summed E-state index contributed by atoms with van der Waals surface area (Å²) in [5.74, 6) is 0.988. The van der Waals surface area contributed by atoms with Crippen molar-refractivity contribution in [2.24, 2.45) is 5.92 Å². The summed E-state index contributed by atoms with van der Waals surface area (Å²) in [5, 5.41) is 10.9. The molecule has 3 atom stereocenters. The van der Waals surface area contributed by atoms with Crippen molar-refractivity contribution in [3.63, 3.8) is 0 Å². The molecule has 1 N–H and O–H groups in total. The Morgan fingerprint density at radius 3 is 2.62 bits per heavy atom. The van der Waals surface area contributed by atoms with Gasteiger partial charge in [-0.3, -0.25) is 4.79 Å². The quantitative estimate of drug-likeness (QED) is 0.244. The third kappa shape index (κ3) is 8.94. The Balaban J connectivity index is 2.48. The number of thioether (sulfide) groups is 1. The van der Waals surface area contributed by atoms with Crippen molar-refractivity contribution >= 4 is 17.7 Å². The highest BCUT2D eigenvalue weighted by Gasteiger charge is 2.34. The molecule has 0 amide bonds. The fourth-order valence-electron chi connectivity index (χ4n) is 3.72. The van der Waals surface area contributed by atoms with Crippen molar-refractivity contribution in [1.29, 1.82) is 0 Å². The third-order valence-corrected chi connectivity index (χ3v) is 6.74. The Bertz CT molecular complexity index is 408. The van der Waals surface area contributed by atoms with Gasteiger partial charge in [-0.15, -0.1) is 0 Å². The van der Waals surface area contributed by atoms with E-state index in [1.54, 1.807) is 11.8 Å². The zero-order valence-corrected chi connectivity index (χ0v) is 18.0. The number of rotatable bonds is 13. The second kappa shape index (κ2) is 14.6. The van der Waals surface area contributed by atoms with E-state index in [1.807, 2.05) is 6.92 Å². The van der Waals surface area contributed by atoms with Gasteiger partial charge < -0.3 is 9.84 Å². The third-order valence-electron chi connectivity index (χ3n) is 5.36. The number of ether oxygens (including phenoxy) is 1. The van der Waals surface area contributed by atoms with Crippen LogP contribution in [0.15, 0.2) is 11.6 Å². The summed E-state index contributed by atoms with van der Waals surface area (Å²) >= 11 is 1.74. The second-order valence-electron chi connectivity index (χ2n) is 7.38. The molecule has 3 nitrogen and oxygen atoms in total.